The average molecular weight is 226 g/mol. The van der Waals surface area contributed by atoms with Gasteiger partial charge in [0.2, 0.25) is 12.0 Å². The van der Waals surface area contributed by atoms with Gasteiger partial charge in [0, 0.05) is 10.6 Å². The van der Waals surface area contributed by atoms with Crippen LogP contribution in [0.25, 0.3) is 0 Å². The second-order valence-electron chi connectivity index (χ2n) is 3.10. The Morgan fingerprint density at radius 1 is 1.47 bits per heavy atom. The molecule has 1 aromatic rings. The predicted octanol–water partition coefficient (Wildman–Crippen LogP) is 1.57. The second-order valence-corrected chi connectivity index (χ2v) is 3.53. The summed E-state index contributed by atoms with van der Waals surface area (Å²) in [7, 11) is 0. The molecule has 78 valence electrons. The number of rotatable bonds is 2. The second kappa shape index (κ2) is 3.90. The molecule has 0 radical (unpaired) electrons. The Kier molecular flexibility index (Phi) is 2.60. The number of aliphatic imine (C=N–C) groups is 1. The van der Waals surface area contributed by atoms with Crippen LogP contribution in [0.4, 0.5) is 0 Å². The molecule has 1 heterocycles. The number of halogens is 1. The molecule has 1 unspecified atom stereocenters. The van der Waals surface area contributed by atoms with E-state index in [1.165, 1.54) is 0 Å². The Balaban J connectivity index is 2.14. The van der Waals surface area contributed by atoms with Crippen LogP contribution in [-0.4, -0.2) is 29.6 Å². The lowest BCUT2D eigenvalue weighted by atomic mass is 10.2. The quantitative estimate of drug-likeness (QED) is 0.831. The first-order chi connectivity index (χ1) is 7.16. The van der Waals surface area contributed by atoms with E-state index in [-0.39, 0.29) is 6.54 Å². The summed E-state index contributed by atoms with van der Waals surface area (Å²) in [5.74, 6) is -0.637. The van der Waals surface area contributed by atoms with Gasteiger partial charge in [0.25, 0.3) is 0 Å². The number of hydrogen-bond donors (Lipinski definition) is 1. The summed E-state index contributed by atoms with van der Waals surface area (Å²) in [5, 5.41) is 9.32. The topological polar surface area (TPSA) is 58.9 Å². The highest BCUT2D eigenvalue weighted by Gasteiger charge is 2.26. The first-order valence-electron chi connectivity index (χ1n) is 4.36. The molecule has 4 nitrogen and oxygen atoms in total. The lowest BCUT2D eigenvalue weighted by Gasteiger charge is -2.06. The van der Waals surface area contributed by atoms with Crippen LogP contribution >= 0.6 is 11.6 Å². The van der Waals surface area contributed by atoms with Gasteiger partial charge >= 0.3 is 5.97 Å². The molecule has 0 aromatic heterocycles. The van der Waals surface area contributed by atoms with E-state index in [1.807, 2.05) is 0 Å². The van der Waals surface area contributed by atoms with Crippen molar-refractivity contribution < 1.29 is 14.6 Å². The molecule has 1 N–H and O–H groups in total. The molecule has 0 fully saturated rings. The summed E-state index contributed by atoms with van der Waals surface area (Å²) < 4.78 is 5.16. The van der Waals surface area contributed by atoms with Crippen molar-refractivity contribution in [2.24, 2.45) is 4.99 Å². The van der Waals surface area contributed by atoms with Gasteiger partial charge in [-0.25, -0.2) is 9.79 Å². The van der Waals surface area contributed by atoms with E-state index >= 15 is 0 Å². The zero-order chi connectivity index (χ0) is 10.8. The molecule has 0 saturated carbocycles. The molecule has 5 heteroatoms. The van der Waals surface area contributed by atoms with Crippen LogP contribution in [0.3, 0.4) is 0 Å². The molecule has 0 amide bonds. The van der Waals surface area contributed by atoms with Crippen molar-refractivity contribution in [2.75, 3.05) is 6.54 Å². The highest BCUT2D eigenvalue weighted by molar-refractivity contribution is 6.30. The Bertz CT molecular complexity index is 413. The van der Waals surface area contributed by atoms with Crippen LogP contribution < -0.4 is 0 Å². The van der Waals surface area contributed by atoms with Gasteiger partial charge in [0.1, 0.15) is 0 Å². The predicted molar refractivity (Wildman–Crippen MR) is 55.4 cm³/mol. The van der Waals surface area contributed by atoms with Crippen molar-refractivity contribution in [3.8, 4) is 0 Å². The van der Waals surface area contributed by atoms with Gasteiger partial charge in [-0.15, -0.1) is 0 Å². The van der Waals surface area contributed by atoms with Crippen molar-refractivity contribution in [1.82, 2.24) is 0 Å². The van der Waals surface area contributed by atoms with Gasteiger partial charge in [-0.1, -0.05) is 11.6 Å². The molecular weight excluding hydrogens is 218 g/mol. The number of ether oxygens (including phenoxy) is 1. The Morgan fingerprint density at radius 2 is 2.13 bits per heavy atom. The third-order valence-corrected chi connectivity index (χ3v) is 2.27. The van der Waals surface area contributed by atoms with Crippen LogP contribution in [-0.2, 0) is 9.53 Å². The summed E-state index contributed by atoms with van der Waals surface area (Å²) in [6.07, 6.45) is -0.865. The average Bonchev–Trinajstić information content (AvgIpc) is 2.68. The maximum atomic E-state index is 10.6. The number of aliphatic carboxylic acids is 1. The third-order valence-electron chi connectivity index (χ3n) is 2.02. The van der Waals surface area contributed by atoms with Crippen LogP contribution in [0.5, 0.6) is 0 Å². The molecule has 0 saturated heterocycles. The number of nitrogens with zero attached hydrogens (tertiary/aromatic N) is 1. The minimum atomic E-state index is -0.997. The van der Waals surface area contributed by atoms with Gasteiger partial charge in [-0.3, -0.25) is 0 Å². The van der Waals surface area contributed by atoms with Crippen molar-refractivity contribution in [1.29, 1.82) is 0 Å². The molecule has 0 bridgehead atoms. The van der Waals surface area contributed by atoms with Crippen LogP contribution in [0.1, 0.15) is 5.56 Å². The smallest absolute Gasteiger partial charge is 0.346 e. The number of carboxylic acids is 1. The Morgan fingerprint density at radius 3 is 2.67 bits per heavy atom. The van der Waals surface area contributed by atoms with Crippen molar-refractivity contribution in [3.63, 3.8) is 0 Å². The molecular formula is C10H8ClNO3. The van der Waals surface area contributed by atoms with Crippen LogP contribution in [0.15, 0.2) is 29.3 Å². The number of benzene rings is 1. The fourth-order valence-electron chi connectivity index (χ4n) is 1.26. The van der Waals surface area contributed by atoms with Gasteiger partial charge in [0.15, 0.2) is 0 Å². The molecule has 1 atom stereocenters. The van der Waals surface area contributed by atoms with E-state index in [2.05, 4.69) is 4.99 Å². The van der Waals surface area contributed by atoms with Crippen molar-refractivity contribution in [3.05, 3.63) is 34.9 Å². The lowest BCUT2D eigenvalue weighted by Crippen LogP contribution is -2.23. The molecule has 1 aliphatic rings. The van der Waals surface area contributed by atoms with Gasteiger partial charge in [-0.05, 0) is 24.3 Å². The summed E-state index contributed by atoms with van der Waals surface area (Å²) in [6, 6.07) is 6.89. The van der Waals surface area contributed by atoms with E-state index in [0.29, 0.717) is 10.9 Å². The molecule has 0 spiro atoms. The van der Waals surface area contributed by atoms with E-state index < -0.39 is 12.1 Å². The first-order valence-corrected chi connectivity index (χ1v) is 4.74. The minimum absolute atomic E-state index is 0.160. The minimum Gasteiger partial charge on any atom is -0.478 e. The molecule has 1 aromatic carbocycles. The zero-order valence-electron chi connectivity index (χ0n) is 7.68. The van der Waals surface area contributed by atoms with Crippen molar-refractivity contribution in [2.45, 2.75) is 6.10 Å². The largest absolute Gasteiger partial charge is 0.478 e. The Labute approximate surface area is 91.2 Å². The fraction of sp³-hybridized carbons (Fsp3) is 0.200. The normalized spacial score (nSPS) is 19.5. The van der Waals surface area contributed by atoms with Gasteiger partial charge in [0.05, 0.1) is 6.54 Å². The highest BCUT2D eigenvalue weighted by Crippen LogP contribution is 2.15. The van der Waals surface area contributed by atoms with E-state index in [9.17, 15) is 4.79 Å². The third kappa shape index (κ3) is 2.10. The van der Waals surface area contributed by atoms with E-state index in [4.69, 9.17) is 21.4 Å². The maximum absolute atomic E-state index is 10.6. The summed E-state index contributed by atoms with van der Waals surface area (Å²) in [5.41, 5.74) is 0.739. The van der Waals surface area contributed by atoms with Crippen LogP contribution in [0, 0.1) is 0 Å². The number of hydrogen-bond acceptors (Lipinski definition) is 3. The lowest BCUT2D eigenvalue weighted by molar-refractivity contribution is -0.144. The van der Waals surface area contributed by atoms with E-state index in [1.54, 1.807) is 24.3 Å². The Hall–Kier alpha value is -1.55. The molecule has 15 heavy (non-hydrogen) atoms. The molecule has 1 aliphatic heterocycles. The summed E-state index contributed by atoms with van der Waals surface area (Å²) in [4.78, 5) is 14.6. The number of carbonyl (C=O) groups is 1. The number of carboxylic acid groups (broad SMARTS) is 1. The summed E-state index contributed by atoms with van der Waals surface area (Å²) >= 11 is 5.72. The monoisotopic (exact) mass is 225 g/mol. The summed E-state index contributed by atoms with van der Waals surface area (Å²) in [6.45, 7) is 0.160. The first kappa shape index (κ1) is 9.98. The molecule has 0 aliphatic carbocycles. The van der Waals surface area contributed by atoms with Crippen molar-refractivity contribution >= 4 is 23.5 Å². The fourth-order valence-corrected chi connectivity index (χ4v) is 1.38. The SMILES string of the molecule is O=C(O)C1CN=C(c2ccc(Cl)cc2)O1. The van der Waals surface area contributed by atoms with Gasteiger partial charge in [-0.2, -0.15) is 0 Å². The molecule has 2 rings (SSSR count). The van der Waals surface area contributed by atoms with Crippen LogP contribution in [0.2, 0.25) is 5.02 Å². The highest BCUT2D eigenvalue weighted by atomic mass is 35.5. The zero-order valence-corrected chi connectivity index (χ0v) is 8.44. The standard InChI is InChI=1S/C10H8ClNO3/c11-7-3-1-6(2-4-7)9-12-5-8(15-9)10(13)14/h1-4,8H,5H2,(H,13,14). The van der Waals surface area contributed by atoms with Gasteiger partial charge < -0.3 is 9.84 Å². The maximum Gasteiger partial charge on any atom is 0.346 e. The van der Waals surface area contributed by atoms with E-state index in [0.717, 1.165) is 5.56 Å².